The van der Waals surface area contributed by atoms with Gasteiger partial charge in [0.1, 0.15) is 30.8 Å². The maximum absolute atomic E-state index is 9.81. The summed E-state index contributed by atoms with van der Waals surface area (Å²) < 4.78 is 10.8. The van der Waals surface area contributed by atoms with Crippen LogP contribution in [0.1, 0.15) is 0 Å². The minimum atomic E-state index is -0.757. The Bertz CT molecular complexity index is 562. The first-order chi connectivity index (χ1) is 9.65. The van der Waals surface area contributed by atoms with Crippen molar-refractivity contribution >= 4 is 17.3 Å². The summed E-state index contributed by atoms with van der Waals surface area (Å²) in [5.41, 5.74) is 6.25. The summed E-state index contributed by atoms with van der Waals surface area (Å²) in [4.78, 5) is 0. The molecule has 0 amide bonds. The van der Waals surface area contributed by atoms with E-state index in [0.717, 1.165) is 0 Å². The fraction of sp³-hybridized carbons (Fsp3) is 0.200. The lowest BCUT2D eigenvalue weighted by Crippen LogP contribution is -2.25. The highest BCUT2D eigenvalue weighted by Gasteiger charge is 2.08. The van der Waals surface area contributed by atoms with Gasteiger partial charge in [-0.25, -0.2) is 0 Å². The molecule has 2 aromatic rings. The van der Waals surface area contributed by atoms with Crippen molar-refractivity contribution < 1.29 is 14.6 Å². The molecule has 0 fully saturated rings. The molecule has 106 valence electrons. The lowest BCUT2D eigenvalue weighted by Gasteiger charge is -2.14. The van der Waals surface area contributed by atoms with Gasteiger partial charge in [-0.1, -0.05) is 29.8 Å². The van der Waals surface area contributed by atoms with E-state index in [4.69, 9.17) is 26.8 Å². The standard InChI is InChI=1S/C15H16ClNO3/c16-14-6-1-2-7-15(14)20-10-12(18)9-19-13-5-3-4-11(17)8-13/h1-8,12,18H,9-10,17H2. The molecule has 0 saturated carbocycles. The third-order valence-electron chi connectivity index (χ3n) is 2.57. The monoisotopic (exact) mass is 293 g/mol. The van der Waals surface area contributed by atoms with Crippen molar-refractivity contribution in [3.63, 3.8) is 0 Å². The Morgan fingerprint density at radius 2 is 1.80 bits per heavy atom. The Morgan fingerprint density at radius 1 is 1.05 bits per heavy atom. The zero-order chi connectivity index (χ0) is 14.4. The van der Waals surface area contributed by atoms with Crippen LogP contribution in [-0.2, 0) is 0 Å². The summed E-state index contributed by atoms with van der Waals surface area (Å²) >= 11 is 5.95. The SMILES string of the molecule is Nc1cccc(OCC(O)COc2ccccc2Cl)c1. The van der Waals surface area contributed by atoms with Gasteiger partial charge in [-0.3, -0.25) is 0 Å². The number of halogens is 1. The molecule has 0 spiro atoms. The number of aliphatic hydroxyl groups is 1. The van der Waals surface area contributed by atoms with Crippen LogP contribution in [0.2, 0.25) is 5.02 Å². The highest BCUT2D eigenvalue weighted by Crippen LogP contribution is 2.23. The second kappa shape index (κ2) is 7.03. The van der Waals surface area contributed by atoms with E-state index in [0.29, 0.717) is 22.2 Å². The lowest BCUT2D eigenvalue weighted by molar-refractivity contribution is 0.0627. The summed E-state index contributed by atoms with van der Waals surface area (Å²) in [6, 6.07) is 14.1. The van der Waals surface area contributed by atoms with E-state index in [2.05, 4.69) is 0 Å². The molecular formula is C15H16ClNO3. The number of benzene rings is 2. The number of nitrogen functional groups attached to an aromatic ring is 1. The van der Waals surface area contributed by atoms with Gasteiger partial charge in [-0.2, -0.15) is 0 Å². The van der Waals surface area contributed by atoms with Gasteiger partial charge in [0, 0.05) is 11.8 Å². The molecule has 0 heterocycles. The number of nitrogens with two attached hydrogens (primary N) is 1. The fourth-order valence-electron chi connectivity index (χ4n) is 1.59. The van der Waals surface area contributed by atoms with E-state index in [1.165, 1.54) is 0 Å². The number of para-hydroxylation sites is 1. The molecule has 0 aliphatic heterocycles. The summed E-state index contributed by atoms with van der Waals surface area (Å²) in [6.45, 7) is 0.222. The quantitative estimate of drug-likeness (QED) is 0.804. The number of hydrogen-bond donors (Lipinski definition) is 2. The van der Waals surface area contributed by atoms with Crippen LogP contribution in [-0.4, -0.2) is 24.4 Å². The maximum atomic E-state index is 9.81. The van der Waals surface area contributed by atoms with Gasteiger partial charge in [0.05, 0.1) is 5.02 Å². The summed E-state index contributed by atoms with van der Waals surface area (Å²) in [6.07, 6.45) is -0.757. The second-order valence-electron chi connectivity index (χ2n) is 4.28. The van der Waals surface area contributed by atoms with Crippen molar-refractivity contribution in [3.05, 3.63) is 53.6 Å². The first-order valence-electron chi connectivity index (χ1n) is 6.19. The van der Waals surface area contributed by atoms with E-state index in [-0.39, 0.29) is 13.2 Å². The Hall–Kier alpha value is -1.91. The van der Waals surface area contributed by atoms with E-state index in [9.17, 15) is 5.11 Å². The van der Waals surface area contributed by atoms with E-state index in [1.54, 1.807) is 36.4 Å². The number of rotatable bonds is 6. The highest BCUT2D eigenvalue weighted by molar-refractivity contribution is 6.32. The summed E-state index contributed by atoms with van der Waals surface area (Å²) in [5.74, 6) is 1.15. The molecule has 0 aliphatic rings. The molecular weight excluding hydrogens is 278 g/mol. The van der Waals surface area contributed by atoms with Crippen molar-refractivity contribution in [3.8, 4) is 11.5 Å². The average Bonchev–Trinajstić information content (AvgIpc) is 2.44. The third kappa shape index (κ3) is 4.33. The largest absolute Gasteiger partial charge is 0.491 e. The smallest absolute Gasteiger partial charge is 0.138 e. The van der Waals surface area contributed by atoms with Gasteiger partial charge >= 0.3 is 0 Å². The number of ether oxygens (including phenoxy) is 2. The van der Waals surface area contributed by atoms with Gasteiger partial charge < -0.3 is 20.3 Å². The van der Waals surface area contributed by atoms with E-state index in [1.807, 2.05) is 12.1 Å². The zero-order valence-electron chi connectivity index (χ0n) is 10.8. The van der Waals surface area contributed by atoms with Gasteiger partial charge in [-0.15, -0.1) is 0 Å². The van der Waals surface area contributed by atoms with Gasteiger partial charge in [0.25, 0.3) is 0 Å². The molecule has 3 N–H and O–H groups in total. The molecule has 2 rings (SSSR count). The maximum Gasteiger partial charge on any atom is 0.138 e. The molecule has 2 aromatic carbocycles. The van der Waals surface area contributed by atoms with Crippen LogP contribution in [0.15, 0.2) is 48.5 Å². The normalized spacial score (nSPS) is 11.9. The predicted octanol–water partition coefficient (Wildman–Crippen LogP) is 2.74. The van der Waals surface area contributed by atoms with E-state index >= 15 is 0 Å². The zero-order valence-corrected chi connectivity index (χ0v) is 11.6. The van der Waals surface area contributed by atoms with Crippen molar-refractivity contribution in [2.45, 2.75) is 6.10 Å². The van der Waals surface area contributed by atoms with Crippen LogP contribution in [0.3, 0.4) is 0 Å². The Morgan fingerprint density at radius 3 is 2.55 bits per heavy atom. The van der Waals surface area contributed by atoms with Crippen molar-refractivity contribution in [1.82, 2.24) is 0 Å². The van der Waals surface area contributed by atoms with Crippen LogP contribution >= 0.6 is 11.6 Å². The van der Waals surface area contributed by atoms with Gasteiger partial charge in [-0.05, 0) is 24.3 Å². The molecule has 0 radical (unpaired) electrons. The van der Waals surface area contributed by atoms with Gasteiger partial charge in [0.15, 0.2) is 0 Å². The van der Waals surface area contributed by atoms with E-state index < -0.39 is 6.10 Å². The third-order valence-corrected chi connectivity index (χ3v) is 2.88. The molecule has 1 atom stereocenters. The van der Waals surface area contributed by atoms with Crippen LogP contribution in [0.5, 0.6) is 11.5 Å². The second-order valence-corrected chi connectivity index (χ2v) is 4.69. The highest BCUT2D eigenvalue weighted by atomic mass is 35.5. The number of anilines is 1. The lowest BCUT2D eigenvalue weighted by atomic mass is 10.3. The minimum absolute atomic E-state index is 0.103. The number of hydrogen-bond acceptors (Lipinski definition) is 4. The predicted molar refractivity (Wildman–Crippen MR) is 79.3 cm³/mol. The molecule has 4 nitrogen and oxygen atoms in total. The summed E-state index contributed by atoms with van der Waals surface area (Å²) in [5, 5.41) is 10.3. The van der Waals surface area contributed by atoms with Crippen LogP contribution < -0.4 is 15.2 Å². The Labute approximate surface area is 122 Å². The minimum Gasteiger partial charge on any atom is -0.491 e. The molecule has 5 heteroatoms. The molecule has 1 unspecified atom stereocenters. The van der Waals surface area contributed by atoms with Crippen LogP contribution in [0.4, 0.5) is 5.69 Å². The average molecular weight is 294 g/mol. The van der Waals surface area contributed by atoms with Crippen molar-refractivity contribution in [2.75, 3.05) is 18.9 Å². The molecule has 20 heavy (non-hydrogen) atoms. The van der Waals surface area contributed by atoms with Crippen molar-refractivity contribution in [2.24, 2.45) is 0 Å². The Kier molecular flexibility index (Phi) is 5.09. The van der Waals surface area contributed by atoms with Crippen LogP contribution in [0, 0.1) is 0 Å². The molecule has 0 aliphatic carbocycles. The Balaban J connectivity index is 1.78. The number of aliphatic hydroxyl groups excluding tert-OH is 1. The van der Waals surface area contributed by atoms with Crippen LogP contribution in [0.25, 0.3) is 0 Å². The van der Waals surface area contributed by atoms with Crippen molar-refractivity contribution in [1.29, 1.82) is 0 Å². The molecule has 0 bridgehead atoms. The fourth-order valence-corrected chi connectivity index (χ4v) is 1.78. The van der Waals surface area contributed by atoms with Gasteiger partial charge in [0.2, 0.25) is 0 Å². The first kappa shape index (κ1) is 14.5. The topological polar surface area (TPSA) is 64.7 Å². The molecule has 0 saturated heterocycles. The first-order valence-corrected chi connectivity index (χ1v) is 6.56. The summed E-state index contributed by atoms with van der Waals surface area (Å²) in [7, 11) is 0. The molecule has 0 aromatic heterocycles.